The number of carbonyl (C=O) groups is 4. The Kier molecular flexibility index (Phi) is 17.8. The van der Waals surface area contributed by atoms with Crippen LogP contribution in [0.5, 0.6) is 0 Å². The number of aliphatic hydroxyl groups excluding tert-OH is 1. The number of allylic oxidation sites excluding steroid dienone is 3. The predicted molar refractivity (Wildman–Crippen MR) is 216 cm³/mol. The van der Waals surface area contributed by atoms with E-state index in [0.29, 0.717) is 50.7 Å². The Bertz CT molecular complexity index is 1500. The number of methoxy groups -OCH3 is 2. The summed E-state index contributed by atoms with van der Waals surface area (Å²) in [6.45, 7) is 14.8. The minimum absolute atomic E-state index is 0.0206. The fourth-order valence-electron chi connectivity index (χ4n) is 9.44. The summed E-state index contributed by atoms with van der Waals surface area (Å²) >= 11 is 0. The number of fused-ring (bicyclic) bond motifs is 3. The normalized spacial score (nSPS) is 39.6. The van der Waals surface area contributed by atoms with Gasteiger partial charge in [0.05, 0.1) is 31.0 Å². The highest BCUT2D eigenvalue weighted by Crippen LogP contribution is 2.39. The van der Waals surface area contributed by atoms with Gasteiger partial charge in [0.15, 0.2) is 0 Å². The summed E-state index contributed by atoms with van der Waals surface area (Å²) < 4.78 is 46.0. The van der Waals surface area contributed by atoms with Crippen molar-refractivity contribution in [1.29, 1.82) is 0 Å². The molecule has 0 aromatic rings. The number of rotatable bonds is 8. The molecule has 12 nitrogen and oxygen atoms in total. The lowest BCUT2D eigenvalue weighted by Crippen LogP contribution is -2.64. The van der Waals surface area contributed by atoms with Gasteiger partial charge in [0, 0.05) is 39.0 Å². The van der Waals surface area contributed by atoms with Crippen molar-refractivity contribution in [2.75, 3.05) is 27.4 Å². The van der Waals surface area contributed by atoms with Crippen molar-refractivity contribution >= 4 is 23.4 Å². The molecule has 0 radical (unpaired) electrons. The number of esters is 1. The first kappa shape index (κ1) is 47.9. The van der Waals surface area contributed by atoms with Gasteiger partial charge in [-0.1, -0.05) is 45.9 Å². The predicted octanol–water partition coefficient (Wildman–Crippen LogP) is 6.01. The maximum atomic E-state index is 16.2. The second kappa shape index (κ2) is 21.6. The van der Waals surface area contributed by atoms with E-state index in [4.69, 9.17) is 23.7 Å². The van der Waals surface area contributed by atoms with Crippen molar-refractivity contribution in [3.8, 4) is 0 Å². The maximum absolute atomic E-state index is 16.2. The standard InChI is InChI=1S/C45H70FNO11/c1-10-20-56-36-18-16-31(25-35(36)49)21-29(6)40-26(3)15-17-34(48)32(11-2)22-27(4)39(46)28(5)23-37(54-8)41-38(55-9)24-30(7)45(53,58-41)42(50)43(51)47-19-13-12-14-33(47)44(52)57-40/h10,21-22,26,28,30-33,35-41,49,53H,1,11-20,23-25H2,2-9H3. The Balaban J connectivity index is 1.73. The number of ether oxygens (including phenoxy) is 5. The molecule has 328 valence electrons. The average Bonchev–Trinajstić information content (AvgIpc) is 3.21. The number of nitrogens with zero attached hydrogens (tertiary/aromatic N) is 1. The summed E-state index contributed by atoms with van der Waals surface area (Å²) in [7, 11) is 2.91. The van der Waals surface area contributed by atoms with Gasteiger partial charge in [-0.15, -0.1) is 6.58 Å². The molecule has 58 heavy (non-hydrogen) atoms. The lowest BCUT2D eigenvalue weighted by atomic mass is 9.81. The molecular formula is C45H70FNO11. The lowest BCUT2D eigenvalue weighted by Gasteiger charge is -2.47. The molecule has 0 spiro atoms. The van der Waals surface area contributed by atoms with Gasteiger partial charge in [-0.3, -0.25) is 14.4 Å². The van der Waals surface area contributed by atoms with Crippen LogP contribution in [-0.2, 0) is 42.9 Å². The van der Waals surface area contributed by atoms with Crippen LogP contribution in [0, 0.1) is 29.6 Å². The molecule has 0 aromatic carbocycles. The molecule has 2 bridgehead atoms. The van der Waals surface area contributed by atoms with Gasteiger partial charge < -0.3 is 38.8 Å². The number of ketones is 2. The van der Waals surface area contributed by atoms with Gasteiger partial charge in [0.1, 0.15) is 30.2 Å². The topological polar surface area (TPSA) is 158 Å². The largest absolute Gasteiger partial charge is 0.456 e. The van der Waals surface area contributed by atoms with Crippen molar-refractivity contribution < 1.29 is 57.5 Å². The van der Waals surface area contributed by atoms with Crippen LogP contribution in [0.2, 0.25) is 0 Å². The SMILES string of the molecule is C=CCOC1CCC(C=C(C)C2OC(=O)C3CCCCN3C(=O)C(=O)C3(O)OC(C(OC)CC(C)C(F)C(C)=CC(CC)C(=O)CCC2C)C(OC)CC3C)CC1O. The van der Waals surface area contributed by atoms with E-state index in [1.807, 2.05) is 26.8 Å². The van der Waals surface area contributed by atoms with E-state index in [1.165, 1.54) is 19.1 Å². The molecule has 4 aliphatic rings. The molecule has 1 aliphatic carbocycles. The first-order valence-electron chi connectivity index (χ1n) is 21.5. The van der Waals surface area contributed by atoms with Crippen LogP contribution in [0.25, 0.3) is 0 Å². The molecular weight excluding hydrogens is 749 g/mol. The van der Waals surface area contributed by atoms with E-state index in [1.54, 1.807) is 32.9 Å². The molecule has 3 heterocycles. The zero-order chi connectivity index (χ0) is 42.9. The van der Waals surface area contributed by atoms with Crippen molar-refractivity contribution in [3.63, 3.8) is 0 Å². The molecule has 2 saturated heterocycles. The van der Waals surface area contributed by atoms with Gasteiger partial charge in [-0.2, -0.15) is 0 Å². The number of cyclic esters (lactones) is 1. The third kappa shape index (κ3) is 11.3. The van der Waals surface area contributed by atoms with Crippen molar-refractivity contribution in [1.82, 2.24) is 4.90 Å². The highest BCUT2D eigenvalue weighted by Gasteiger charge is 2.56. The Labute approximate surface area is 344 Å². The quantitative estimate of drug-likeness (QED) is 0.168. The number of alkyl halides is 1. The Hall–Kier alpha value is -2.81. The Morgan fingerprint density at radius 1 is 1.00 bits per heavy atom. The zero-order valence-electron chi connectivity index (χ0n) is 36.0. The molecule has 1 amide bonds. The molecule has 14 unspecified atom stereocenters. The number of hydrogen-bond acceptors (Lipinski definition) is 11. The van der Waals surface area contributed by atoms with Gasteiger partial charge in [0.25, 0.3) is 11.7 Å². The number of amides is 1. The van der Waals surface area contributed by atoms with E-state index in [2.05, 4.69) is 6.58 Å². The Morgan fingerprint density at radius 2 is 1.69 bits per heavy atom. The fraction of sp³-hybridized carbons (Fsp3) is 0.778. The highest BCUT2D eigenvalue weighted by molar-refractivity contribution is 6.39. The van der Waals surface area contributed by atoms with Crippen LogP contribution >= 0.6 is 0 Å². The summed E-state index contributed by atoms with van der Waals surface area (Å²) in [5.41, 5.74) is 1.16. The summed E-state index contributed by atoms with van der Waals surface area (Å²) in [6.07, 6.45) is 4.19. The average molecular weight is 820 g/mol. The first-order chi connectivity index (χ1) is 27.5. The molecule has 14 atom stereocenters. The van der Waals surface area contributed by atoms with Crippen molar-refractivity contribution in [3.05, 3.63) is 36.0 Å². The van der Waals surface area contributed by atoms with Crippen LogP contribution in [0.4, 0.5) is 4.39 Å². The third-order valence-electron chi connectivity index (χ3n) is 13.1. The summed E-state index contributed by atoms with van der Waals surface area (Å²) in [5.74, 6) is -7.92. The first-order valence-corrected chi connectivity index (χ1v) is 21.5. The van der Waals surface area contributed by atoms with Gasteiger partial charge in [-0.25, -0.2) is 9.18 Å². The second-order valence-corrected chi connectivity index (χ2v) is 17.4. The molecule has 3 fully saturated rings. The fourth-order valence-corrected chi connectivity index (χ4v) is 9.44. The number of aliphatic hydroxyl groups is 2. The number of halogens is 1. The van der Waals surface area contributed by atoms with E-state index < -0.39 is 83.9 Å². The van der Waals surface area contributed by atoms with E-state index in [9.17, 15) is 29.4 Å². The van der Waals surface area contributed by atoms with Gasteiger partial charge in [0.2, 0.25) is 5.79 Å². The van der Waals surface area contributed by atoms with Crippen LogP contribution < -0.4 is 0 Å². The van der Waals surface area contributed by atoms with E-state index in [0.717, 1.165) is 12.0 Å². The second-order valence-electron chi connectivity index (χ2n) is 17.4. The number of hydrogen-bond donors (Lipinski definition) is 2. The smallest absolute Gasteiger partial charge is 0.329 e. The maximum Gasteiger partial charge on any atom is 0.329 e. The summed E-state index contributed by atoms with van der Waals surface area (Å²) in [6, 6.07) is -1.10. The minimum Gasteiger partial charge on any atom is -0.456 e. The molecule has 1 saturated carbocycles. The highest BCUT2D eigenvalue weighted by atomic mass is 19.1. The number of piperidine rings is 1. The third-order valence-corrected chi connectivity index (χ3v) is 13.1. The van der Waals surface area contributed by atoms with Gasteiger partial charge >= 0.3 is 5.97 Å². The molecule has 3 aliphatic heterocycles. The van der Waals surface area contributed by atoms with Crippen LogP contribution in [0.1, 0.15) is 112 Å². The van der Waals surface area contributed by atoms with Gasteiger partial charge in [-0.05, 0) is 107 Å². The van der Waals surface area contributed by atoms with Crippen LogP contribution in [0.15, 0.2) is 36.0 Å². The van der Waals surface area contributed by atoms with Crippen molar-refractivity contribution in [2.24, 2.45) is 29.6 Å². The zero-order valence-corrected chi connectivity index (χ0v) is 36.0. The molecule has 13 heteroatoms. The number of carbonyl (C=O) groups excluding carboxylic acids is 4. The summed E-state index contributed by atoms with van der Waals surface area (Å²) in [4.78, 5) is 57.7. The molecule has 2 N–H and O–H groups in total. The Morgan fingerprint density at radius 3 is 2.33 bits per heavy atom. The van der Waals surface area contributed by atoms with Crippen LogP contribution in [0.3, 0.4) is 0 Å². The summed E-state index contributed by atoms with van der Waals surface area (Å²) in [5, 5.41) is 22.9. The van der Waals surface area contributed by atoms with Crippen molar-refractivity contribution in [2.45, 2.75) is 167 Å². The number of Topliss-reactive ketones (excluding diaryl/α,β-unsaturated/α-hetero) is 2. The van der Waals surface area contributed by atoms with Crippen LogP contribution in [-0.4, -0.2) is 121 Å². The molecule has 4 rings (SSSR count). The van der Waals surface area contributed by atoms with E-state index >= 15 is 4.39 Å². The lowest BCUT2D eigenvalue weighted by molar-refractivity contribution is -0.302. The van der Waals surface area contributed by atoms with E-state index in [-0.39, 0.29) is 56.0 Å². The minimum atomic E-state index is -2.57. The monoisotopic (exact) mass is 819 g/mol. The molecule has 0 aromatic heterocycles.